The molecule has 0 radical (unpaired) electrons. The molecule has 0 bridgehead atoms. The van der Waals surface area contributed by atoms with Gasteiger partial charge in [-0.2, -0.15) is 0 Å². The van der Waals surface area contributed by atoms with Crippen molar-refractivity contribution in [2.75, 3.05) is 62.4 Å². The summed E-state index contributed by atoms with van der Waals surface area (Å²) in [5.74, 6) is 3.29. The van der Waals surface area contributed by atoms with Crippen LogP contribution >= 0.6 is 0 Å². The highest BCUT2D eigenvalue weighted by Gasteiger charge is 2.35. The highest BCUT2D eigenvalue weighted by molar-refractivity contribution is 5.62. The van der Waals surface area contributed by atoms with Crippen molar-refractivity contribution in [1.82, 2.24) is 9.97 Å². The van der Waals surface area contributed by atoms with Crippen molar-refractivity contribution in [2.45, 2.75) is 58.0 Å². The van der Waals surface area contributed by atoms with Gasteiger partial charge in [0, 0.05) is 43.6 Å². The predicted molar refractivity (Wildman–Crippen MR) is 117 cm³/mol. The first-order valence-electron chi connectivity index (χ1n) is 12.0. The number of rotatable bonds is 5. The Morgan fingerprint density at radius 1 is 0.774 bits per heavy atom. The summed E-state index contributed by atoms with van der Waals surface area (Å²) in [6.45, 7) is 11.2. The van der Waals surface area contributed by atoms with Crippen LogP contribution in [-0.4, -0.2) is 75.2 Å². The zero-order valence-corrected chi connectivity index (χ0v) is 18.9. The molecule has 4 fully saturated rings. The van der Waals surface area contributed by atoms with E-state index in [-0.39, 0.29) is 12.6 Å². The predicted octanol–water partition coefficient (Wildman–Crippen LogP) is 2.78. The molecular weight excluding hydrogens is 396 g/mol. The van der Waals surface area contributed by atoms with Gasteiger partial charge in [0.15, 0.2) is 12.6 Å². The summed E-state index contributed by atoms with van der Waals surface area (Å²) in [7, 11) is 0. The van der Waals surface area contributed by atoms with Gasteiger partial charge in [-0.15, -0.1) is 0 Å². The van der Waals surface area contributed by atoms with E-state index in [1.807, 2.05) is 0 Å². The van der Waals surface area contributed by atoms with Crippen molar-refractivity contribution >= 4 is 11.6 Å². The summed E-state index contributed by atoms with van der Waals surface area (Å²) < 4.78 is 23.3. The van der Waals surface area contributed by atoms with Crippen molar-refractivity contribution in [1.29, 1.82) is 0 Å². The number of aromatic nitrogens is 2. The van der Waals surface area contributed by atoms with Crippen LogP contribution in [0.1, 0.15) is 51.0 Å². The summed E-state index contributed by atoms with van der Waals surface area (Å²) in [4.78, 5) is 14.5. The van der Waals surface area contributed by atoms with Crippen molar-refractivity contribution in [3.05, 3.63) is 11.9 Å². The number of hydrogen-bond acceptors (Lipinski definition) is 8. The Balaban J connectivity index is 1.38. The molecule has 172 valence electrons. The molecule has 0 saturated carbocycles. The molecule has 0 amide bonds. The van der Waals surface area contributed by atoms with Crippen molar-refractivity contribution < 1.29 is 18.9 Å². The number of piperidine rings is 2. The molecule has 1 aromatic heterocycles. The summed E-state index contributed by atoms with van der Waals surface area (Å²) in [6.07, 6.45) is 6.16. The van der Waals surface area contributed by atoms with Crippen LogP contribution in [-0.2, 0) is 18.9 Å². The van der Waals surface area contributed by atoms with Crippen LogP contribution in [0.4, 0.5) is 11.6 Å². The van der Waals surface area contributed by atoms with Gasteiger partial charge in [-0.25, -0.2) is 9.97 Å². The van der Waals surface area contributed by atoms with Crippen LogP contribution in [0.2, 0.25) is 0 Å². The van der Waals surface area contributed by atoms with E-state index in [4.69, 9.17) is 28.9 Å². The van der Waals surface area contributed by atoms with Crippen LogP contribution in [0.25, 0.3) is 0 Å². The highest BCUT2D eigenvalue weighted by atomic mass is 16.7. The fraction of sp³-hybridized carbons (Fsp3) is 0.826. The molecule has 0 aromatic carbocycles. The molecule has 4 saturated heterocycles. The topological polar surface area (TPSA) is 69.2 Å². The number of hydrogen-bond donors (Lipinski definition) is 0. The van der Waals surface area contributed by atoms with Crippen LogP contribution < -0.4 is 9.80 Å². The maximum Gasteiger partial charge on any atom is 0.162 e. The molecule has 8 nitrogen and oxygen atoms in total. The fourth-order valence-corrected chi connectivity index (χ4v) is 5.54. The van der Waals surface area contributed by atoms with E-state index in [9.17, 15) is 0 Å². The number of ether oxygens (including phenoxy) is 4. The van der Waals surface area contributed by atoms with Crippen LogP contribution in [0.5, 0.6) is 0 Å². The van der Waals surface area contributed by atoms with Crippen LogP contribution in [0.3, 0.4) is 0 Å². The third-order valence-corrected chi connectivity index (χ3v) is 7.00. The maximum absolute atomic E-state index is 5.82. The molecule has 5 rings (SSSR count). The number of nitrogens with zero attached hydrogens (tertiary/aromatic N) is 4. The van der Waals surface area contributed by atoms with Crippen molar-refractivity contribution in [3.63, 3.8) is 0 Å². The molecule has 0 N–H and O–H groups in total. The Labute approximate surface area is 185 Å². The third kappa shape index (κ3) is 4.53. The highest BCUT2D eigenvalue weighted by Crippen LogP contribution is 2.38. The van der Waals surface area contributed by atoms with Gasteiger partial charge in [0.25, 0.3) is 0 Å². The van der Waals surface area contributed by atoms with Gasteiger partial charge in [0.1, 0.15) is 18.0 Å². The Hall–Kier alpha value is -1.48. The summed E-state index contributed by atoms with van der Waals surface area (Å²) in [5.41, 5.74) is 1.25. The lowest BCUT2D eigenvalue weighted by Gasteiger charge is -2.39. The molecule has 2 atom stereocenters. The number of anilines is 2. The molecular formula is C23H36N4O4. The second-order valence-corrected chi connectivity index (χ2v) is 9.51. The summed E-state index contributed by atoms with van der Waals surface area (Å²) in [5, 5.41) is 0. The Bertz CT molecular complexity index is 682. The Morgan fingerprint density at radius 3 is 1.65 bits per heavy atom. The lowest BCUT2D eigenvalue weighted by Crippen LogP contribution is -2.43. The van der Waals surface area contributed by atoms with Crippen LogP contribution in [0.15, 0.2) is 6.33 Å². The van der Waals surface area contributed by atoms with E-state index in [0.717, 1.165) is 63.5 Å². The molecule has 0 unspecified atom stereocenters. The molecule has 8 heteroatoms. The van der Waals surface area contributed by atoms with E-state index in [0.29, 0.717) is 44.2 Å². The minimum atomic E-state index is -0.0686. The second kappa shape index (κ2) is 9.57. The molecule has 4 aliphatic rings. The Morgan fingerprint density at radius 2 is 1.23 bits per heavy atom. The smallest absolute Gasteiger partial charge is 0.162 e. The quantitative estimate of drug-likeness (QED) is 0.704. The van der Waals surface area contributed by atoms with Gasteiger partial charge in [0.05, 0.1) is 26.4 Å². The normalized spacial score (nSPS) is 28.7. The van der Waals surface area contributed by atoms with E-state index in [2.05, 4.69) is 23.6 Å². The monoisotopic (exact) mass is 432 g/mol. The van der Waals surface area contributed by atoms with Gasteiger partial charge >= 0.3 is 0 Å². The molecule has 4 aliphatic heterocycles. The molecule has 31 heavy (non-hydrogen) atoms. The van der Waals surface area contributed by atoms with Crippen LogP contribution in [0, 0.1) is 11.8 Å². The van der Waals surface area contributed by atoms with Crippen molar-refractivity contribution in [2.24, 2.45) is 11.8 Å². The molecule has 1 aromatic rings. The van der Waals surface area contributed by atoms with Gasteiger partial charge in [0.2, 0.25) is 0 Å². The lowest BCUT2D eigenvalue weighted by atomic mass is 9.94. The fourth-order valence-electron chi connectivity index (χ4n) is 5.54. The largest absolute Gasteiger partial charge is 0.356 e. The van der Waals surface area contributed by atoms with E-state index in [1.165, 1.54) is 5.56 Å². The van der Waals surface area contributed by atoms with E-state index < -0.39 is 0 Å². The standard InChI is InChI=1S/C23H36N4O4/c1-16(2)19-20(26-7-3-5-17(13-26)22-28-9-10-29-22)24-15-25-21(19)27-8-4-6-18(14-27)23-30-11-12-31-23/h15-18,22-23H,3-14H2,1-2H3/t17-,18-/m1/s1. The molecule has 0 aliphatic carbocycles. The summed E-state index contributed by atoms with van der Waals surface area (Å²) >= 11 is 0. The van der Waals surface area contributed by atoms with Gasteiger partial charge in [-0.3, -0.25) is 0 Å². The average molecular weight is 433 g/mol. The average Bonchev–Trinajstić information content (AvgIpc) is 3.53. The Kier molecular flexibility index (Phi) is 6.59. The minimum Gasteiger partial charge on any atom is -0.356 e. The first kappa shape index (κ1) is 21.4. The van der Waals surface area contributed by atoms with E-state index >= 15 is 0 Å². The van der Waals surface area contributed by atoms with Gasteiger partial charge < -0.3 is 28.7 Å². The SMILES string of the molecule is CC(C)c1c(N2CCC[C@@H](C3OCCO3)C2)ncnc1N1CCC[C@@H](C2OCCO2)C1. The van der Waals surface area contributed by atoms with E-state index in [1.54, 1.807) is 6.33 Å². The third-order valence-electron chi connectivity index (χ3n) is 7.00. The van der Waals surface area contributed by atoms with Gasteiger partial charge in [-0.05, 0) is 31.6 Å². The zero-order valence-electron chi connectivity index (χ0n) is 18.9. The first-order chi connectivity index (χ1) is 15.2. The zero-order chi connectivity index (χ0) is 21.2. The molecule has 0 spiro atoms. The lowest BCUT2D eigenvalue weighted by molar-refractivity contribution is -0.0860. The first-order valence-corrected chi connectivity index (χ1v) is 12.0. The summed E-state index contributed by atoms with van der Waals surface area (Å²) in [6, 6.07) is 0. The maximum atomic E-state index is 5.82. The van der Waals surface area contributed by atoms with Crippen molar-refractivity contribution in [3.8, 4) is 0 Å². The van der Waals surface area contributed by atoms with Gasteiger partial charge in [-0.1, -0.05) is 13.8 Å². The second-order valence-electron chi connectivity index (χ2n) is 9.51. The minimum absolute atomic E-state index is 0.0686. The molecule has 5 heterocycles.